The Labute approximate surface area is 184 Å². The van der Waals surface area contributed by atoms with E-state index < -0.39 is 0 Å². The lowest BCUT2D eigenvalue weighted by molar-refractivity contribution is 0.365. The quantitative estimate of drug-likeness (QED) is 0.415. The van der Waals surface area contributed by atoms with E-state index in [0.717, 1.165) is 29.5 Å². The Hall–Kier alpha value is -3.74. The van der Waals surface area contributed by atoms with Gasteiger partial charge in [-0.3, -0.25) is 9.36 Å². The summed E-state index contributed by atoms with van der Waals surface area (Å²) in [6, 6.07) is 15.5. The van der Waals surface area contributed by atoms with Gasteiger partial charge in [0.15, 0.2) is 11.3 Å². The van der Waals surface area contributed by atoms with Crippen LogP contribution in [0, 0.1) is 0 Å². The summed E-state index contributed by atoms with van der Waals surface area (Å²) < 4.78 is 9.20. The fourth-order valence-corrected chi connectivity index (χ4v) is 4.95. The SMILES string of the molecule is COc1ccccc1-n1cnc2c(c1=O)c1nc3ccccc3nc1n2C1CCCCC1. The molecule has 1 aliphatic rings. The fraction of sp³-hybridized carbons (Fsp3) is 0.280. The molecule has 3 aromatic heterocycles. The molecule has 7 nitrogen and oxygen atoms in total. The van der Waals surface area contributed by atoms with Gasteiger partial charge in [-0.2, -0.15) is 0 Å². The van der Waals surface area contributed by atoms with Crippen molar-refractivity contribution in [2.45, 2.75) is 38.1 Å². The van der Waals surface area contributed by atoms with Gasteiger partial charge in [-0.25, -0.2) is 15.0 Å². The van der Waals surface area contributed by atoms with Crippen LogP contribution in [0.2, 0.25) is 0 Å². The molecule has 1 saturated carbocycles. The van der Waals surface area contributed by atoms with E-state index in [-0.39, 0.29) is 11.6 Å². The zero-order valence-electron chi connectivity index (χ0n) is 17.9. The first-order valence-corrected chi connectivity index (χ1v) is 11.1. The molecule has 5 aromatic rings. The number of methoxy groups -OCH3 is 1. The van der Waals surface area contributed by atoms with Gasteiger partial charge in [-0.1, -0.05) is 43.5 Å². The van der Waals surface area contributed by atoms with E-state index in [4.69, 9.17) is 19.7 Å². The second-order valence-electron chi connectivity index (χ2n) is 8.34. The first-order valence-electron chi connectivity index (χ1n) is 11.1. The molecule has 7 heteroatoms. The van der Waals surface area contributed by atoms with Crippen molar-refractivity contribution in [3.8, 4) is 11.4 Å². The van der Waals surface area contributed by atoms with Crippen molar-refractivity contribution in [2.24, 2.45) is 0 Å². The molecule has 0 saturated heterocycles. The lowest BCUT2D eigenvalue weighted by atomic mass is 9.95. The molecule has 6 rings (SSSR count). The van der Waals surface area contributed by atoms with Crippen LogP contribution in [-0.2, 0) is 0 Å². The van der Waals surface area contributed by atoms with Gasteiger partial charge in [0.25, 0.3) is 5.56 Å². The van der Waals surface area contributed by atoms with Gasteiger partial charge in [0.1, 0.15) is 23.0 Å². The van der Waals surface area contributed by atoms with E-state index in [1.54, 1.807) is 18.0 Å². The van der Waals surface area contributed by atoms with Gasteiger partial charge in [0.2, 0.25) is 0 Å². The van der Waals surface area contributed by atoms with E-state index in [2.05, 4.69) is 4.57 Å². The van der Waals surface area contributed by atoms with Crippen LogP contribution in [0.5, 0.6) is 5.75 Å². The number of para-hydroxylation sites is 4. The van der Waals surface area contributed by atoms with Gasteiger partial charge in [0.05, 0.1) is 23.8 Å². The predicted molar refractivity (Wildman–Crippen MR) is 125 cm³/mol. The minimum absolute atomic E-state index is 0.163. The lowest BCUT2D eigenvalue weighted by Crippen LogP contribution is -2.20. The standard InChI is InChI=1S/C25H23N5O2/c1-32-20-14-8-7-13-19(20)29-15-26-23-21(25(29)31)22-24(30(23)16-9-3-2-4-10-16)28-18-12-6-5-11-17(18)27-22/h5-8,11-16H,2-4,9-10H2,1H3. The molecule has 1 aliphatic carbocycles. The summed E-state index contributed by atoms with van der Waals surface area (Å²) in [5, 5.41) is 0.511. The minimum atomic E-state index is -0.163. The number of hydrogen-bond acceptors (Lipinski definition) is 5. The molecular weight excluding hydrogens is 402 g/mol. The number of hydrogen-bond donors (Lipinski definition) is 0. The molecule has 0 amide bonds. The summed E-state index contributed by atoms with van der Waals surface area (Å²) in [5.41, 5.74) is 4.11. The molecule has 3 heterocycles. The van der Waals surface area contributed by atoms with Crippen molar-refractivity contribution in [1.82, 2.24) is 24.1 Å². The molecule has 0 aliphatic heterocycles. The van der Waals surface area contributed by atoms with Gasteiger partial charge >= 0.3 is 0 Å². The molecular formula is C25H23N5O2. The molecule has 0 N–H and O–H groups in total. The van der Waals surface area contributed by atoms with Crippen LogP contribution in [-0.4, -0.2) is 31.2 Å². The first-order chi connectivity index (χ1) is 15.8. The third kappa shape index (κ3) is 2.81. The second-order valence-corrected chi connectivity index (χ2v) is 8.34. The van der Waals surface area contributed by atoms with Gasteiger partial charge in [-0.15, -0.1) is 0 Å². The third-order valence-electron chi connectivity index (χ3n) is 6.48. The van der Waals surface area contributed by atoms with Crippen LogP contribution in [0.3, 0.4) is 0 Å². The number of benzene rings is 2. The Morgan fingerprint density at radius 1 is 0.906 bits per heavy atom. The monoisotopic (exact) mass is 425 g/mol. The number of ether oxygens (including phenoxy) is 1. The lowest BCUT2D eigenvalue weighted by Gasteiger charge is -2.24. The summed E-state index contributed by atoms with van der Waals surface area (Å²) in [7, 11) is 1.60. The number of nitrogens with zero attached hydrogens (tertiary/aromatic N) is 5. The predicted octanol–water partition coefficient (Wildman–Crippen LogP) is 4.80. The summed E-state index contributed by atoms with van der Waals surface area (Å²) in [6.45, 7) is 0. The summed E-state index contributed by atoms with van der Waals surface area (Å²) in [4.78, 5) is 28.5. The van der Waals surface area contributed by atoms with E-state index in [1.807, 2.05) is 48.5 Å². The fourth-order valence-electron chi connectivity index (χ4n) is 4.95. The Morgan fingerprint density at radius 3 is 2.41 bits per heavy atom. The normalized spacial score (nSPS) is 15.0. The number of aromatic nitrogens is 5. The van der Waals surface area contributed by atoms with E-state index in [1.165, 1.54) is 19.3 Å². The van der Waals surface area contributed by atoms with Crippen LogP contribution in [0.1, 0.15) is 38.1 Å². The Kier molecular flexibility index (Phi) is 4.41. The molecule has 0 atom stereocenters. The first kappa shape index (κ1) is 19.0. The second kappa shape index (κ2) is 7.44. The molecule has 0 bridgehead atoms. The Morgan fingerprint density at radius 2 is 1.62 bits per heavy atom. The number of rotatable bonds is 3. The highest BCUT2D eigenvalue weighted by molar-refractivity contribution is 6.04. The molecule has 2 aromatic carbocycles. The van der Waals surface area contributed by atoms with Crippen LogP contribution in [0.25, 0.3) is 38.9 Å². The van der Waals surface area contributed by atoms with Gasteiger partial charge < -0.3 is 9.30 Å². The van der Waals surface area contributed by atoms with Crippen molar-refractivity contribution < 1.29 is 4.74 Å². The van der Waals surface area contributed by atoms with Crippen LogP contribution < -0.4 is 10.3 Å². The van der Waals surface area contributed by atoms with Crippen LogP contribution >= 0.6 is 0 Å². The summed E-state index contributed by atoms with van der Waals surface area (Å²) in [5.74, 6) is 0.614. The molecule has 1 fully saturated rings. The molecule has 32 heavy (non-hydrogen) atoms. The average Bonchev–Trinajstić information content (AvgIpc) is 3.17. The third-order valence-corrected chi connectivity index (χ3v) is 6.48. The van der Waals surface area contributed by atoms with Gasteiger partial charge in [-0.05, 0) is 37.1 Å². The zero-order chi connectivity index (χ0) is 21.7. The minimum Gasteiger partial charge on any atom is -0.495 e. The number of fused-ring (bicyclic) bond motifs is 4. The molecule has 160 valence electrons. The average molecular weight is 425 g/mol. The van der Waals surface area contributed by atoms with Crippen molar-refractivity contribution >= 4 is 33.2 Å². The maximum Gasteiger partial charge on any atom is 0.269 e. The molecule has 0 unspecified atom stereocenters. The van der Waals surface area contributed by atoms with Gasteiger partial charge in [0, 0.05) is 6.04 Å². The highest BCUT2D eigenvalue weighted by Gasteiger charge is 2.26. The smallest absolute Gasteiger partial charge is 0.269 e. The van der Waals surface area contributed by atoms with Crippen molar-refractivity contribution in [3.63, 3.8) is 0 Å². The highest BCUT2D eigenvalue weighted by Crippen LogP contribution is 2.35. The topological polar surface area (TPSA) is 74.8 Å². The van der Waals surface area contributed by atoms with Crippen LogP contribution in [0.4, 0.5) is 0 Å². The molecule has 0 radical (unpaired) electrons. The molecule has 0 spiro atoms. The van der Waals surface area contributed by atoms with Crippen molar-refractivity contribution in [3.05, 3.63) is 65.2 Å². The zero-order valence-corrected chi connectivity index (χ0v) is 17.9. The van der Waals surface area contributed by atoms with E-state index in [0.29, 0.717) is 28.0 Å². The van der Waals surface area contributed by atoms with Crippen LogP contribution in [0.15, 0.2) is 59.7 Å². The summed E-state index contributed by atoms with van der Waals surface area (Å²) >= 11 is 0. The highest BCUT2D eigenvalue weighted by atomic mass is 16.5. The van der Waals surface area contributed by atoms with Crippen molar-refractivity contribution in [1.29, 1.82) is 0 Å². The maximum absolute atomic E-state index is 13.8. The largest absolute Gasteiger partial charge is 0.495 e. The maximum atomic E-state index is 13.8. The Balaban J connectivity index is 1.72. The van der Waals surface area contributed by atoms with Crippen molar-refractivity contribution in [2.75, 3.05) is 7.11 Å². The Bertz CT molecular complexity index is 1530. The summed E-state index contributed by atoms with van der Waals surface area (Å²) in [6.07, 6.45) is 7.31. The van der Waals surface area contributed by atoms with E-state index >= 15 is 0 Å². The van der Waals surface area contributed by atoms with E-state index in [9.17, 15) is 4.79 Å².